The largest absolute Gasteiger partial charge is 0.493 e. The molecule has 1 aromatic carbocycles. The molecule has 1 aromatic rings. The molecule has 0 radical (unpaired) electrons. The number of oxime groups is 1. The SMILES string of the molecule is N/C(=N\O)c1ccc(OCCCO)cc1C(F)(F)F. The minimum absolute atomic E-state index is 0.00438. The predicted octanol–water partition coefficient (Wildman–Crippen LogP) is 1.56. The number of rotatable bonds is 5. The summed E-state index contributed by atoms with van der Waals surface area (Å²) in [6.07, 6.45) is -4.34. The highest BCUT2D eigenvalue weighted by Gasteiger charge is 2.34. The number of alkyl halides is 3. The van der Waals surface area contributed by atoms with Gasteiger partial charge in [-0.05, 0) is 18.2 Å². The Kier molecular flexibility index (Phi) is 4.99. The molecule has 1 rings (SSSR count). The van der Waals surface area contributed by atoms with Gasteiger partial charge in [0.1, 0.15) is 5.75 Å². The van der Waals surface area contributed by atoms with Crippen molar-refractivity contribution < 1.29 is 28.2 Å². The molecule has 8 heteroatoms. The highest BCUT2D eigenvalue weighted by Crippen LogP contribution is 2.34. The van der Waals surface area contributed by atoms with E-state index in [2.05, 4.69) is 5.16 Å². The van der Waals surface area contributed by atoms with Crippen LogP contribution >= 0.6 is 0 Å². The van der Waals surface area contributed by atoms with Crippen molar-refractivity contribution in [3.8, 4) is 5.75 Å². The summed E-state index contributed by atoms with van der Waals surface area (Å²) < 4.78 is 43.5. The summed E-state index contributed by atoms with van der Waals surface area (Å²) in [6.45, 7) is -0.0228. The fraction of sp³-hybridized carbons (Fsp3) is 0.364. The highest BCUT2D eigenvalue weighted by molar-refractivity contribution is 5.98. The third kappa shape index (κ3) is 4.02. The number of nitrogens with zero attached hydrogens (tertiary/aromatic N) is 1. The van der Waals surface area contributed by atoms with E-state index in [1.165, 1.54) is 6.07 Å². The molecule has 4 N–H and O–H groups in total. The summed E-state index contributed by atoms with van der Waals surface area (Å²) in [5.41, 5.74) is 3.71. The van der Waals surface area contributed by atoms with Crippen LogP contribution in [0.4, 0.5) is 13.2 Å². The van der Waals surface area contributed by atoms with E-state index in [1.807, 2.05) is 0 Å². The molecule has 0 aliphatic heterocycles. The summed E-state index contributed by atoms with van der Waals surface area (Å²) in [5, 5.41) is 19.6. The summed E-state index contributed by atoms with van der Waals surface area (Å²) in [7, 11) is 0. The molecule has 0 aromatic heterocycles. The van der Waals surface area contributed by atoms with Crippen LogP contribution in [0.15, 0.2) is 23.4 Å². The molecular formula is C11H13F3N2O3. The first-order chi connectivity index (χ1) is 8.90. The Balaban J connectivity index is 3.09. The van der Waals surface area contributed by atoms with Gasteiger partial charge in [-0.2, -0.15) is 13.2 Å². The van der Waals surface area contributed by atoms with Crippen LogP contribution in [0.2, 0.25) is 0 Å². The van der Waals surface area contributed by atoms with E-state index in [4.69, 9.17) is 20.8 Å². The molecule has 0 spiro atoms. The Bertz CT molecular complexity index is 461. The van der Waals surface area contributed by atoms with Gasteiger partial charge in [0.15, 0.2) is 5.84 Å². The molecule has 0 atom stereocenters. The molecule has 19 heavy (non-hydrogen) atoms. The Hall–Kier alpha value is -1.96. The van der Waals surface area contributed by atoms with Crippen LogP contribution in [0.25, 0.3) is 0 Å². The van der Waals surface area contributed by atoms with Crippen molar-refractivity contribution in [2.75, 3.05) is 13.2 Å². The summed E-state index contributed by atoms with van der Waals surface area (Å²) in [4.78, 5) is 0. The number of ether oxygens (including phenoxy) is 1. The average molecular weight is 278 g/mol. The average Bonchev–Trinajstić information content (AvgIpc) is 2.37. The van der Waals surface area contributed by atoms with Crippen LogP contribution in [0.5, 0.6) is 5.75 Å². The van der Waals surface area contributed by atoms with Crippen LogP contribution in [0.1, 0.15) is 17.5 Å². The van der Waals surface area contributed by atoms with Gasteiger partial charge in [0.05, 0.1) is 12.2 Å². The van der Waals surface area contributed by atoms with Crippen LogP contribution in [0, 0.1) is 0 Å². The van der Waals surface area contributed by atoms with Crippen LogP contribution in [-0.2, 0) is 6.18 Å². The van der Waals surface area contributed by atoms with Gasteiger partial charge < -0.3 is 20.8 Å². The fourth-order valence-corrected chi connectivity index (χ4v) is 1.38. The third-order valence-corrected chi connectivity index (χ3v) is 2.25. The maximum Gasteiger partial charge on any atom is 0.417 e. The maximum atomic E-state index is 12.8. The molecule has 0 bridgehead atoms. The number of aliphatic hydroxyl groups excluding tert-OH is 1. The van der Waals surface area contributed by atoms with Gasteiger partial charge in [0.2, 0.25) is 0 Å². The van der Waals surface area contributed by atoms with Gasteiger partial charge in [0, 0.05) is 18.6 Å². The molecule has 0 amide bonds. The number of hydrogen-bond acceptors (Lipinski definition) is 4. The molecule has 5 nitrogen and oxygen atoms in total. The van der Waals surface area contributed by atoms with Crippen molar-refractivity contribution in [2.24, 2.45) is 10.9 Å². The number of amidine groups is 1. The highest BCUT2D eigenvalue weighted by atomic mass is 19.4. The van der Waals surface area contributed by atoms with Crippen molar-refractivity contribution in [1.82, 2.24) is 0 Å². The first-order valence-electron chi connectivity index (χ1n) is 5.33. The van der Waals surface area contributed by atoms with Gasteiger partial charge in [-0.1, -0.05) is 5.16 Å². The molecule has 0 saturated carbocycles. The summed E-state index contributed by atoms with van der Waals surface area (Å²) in [5.74, 6) is -0.635. The van der Waals surface area contributed by atoms with Gasteiger partial charge in [0.25, 0.3) is 0 Å². The van der Waals surface area contributed by atoms with E-state index in [9.17, 15) is 13.2 Å². The van der Waals surface area contributed by atoms with Gasteiger partial charge >= 0.3 is 6.18 Å². The van der Waals surface area contributed by atoms with Crippen molar-refractivity contribution >= 4 is 5.84 Å². The zero-order chi connectivity index (χ0) is 14.5. The van der Waals surface area contributed by atoms with E-state index in [-0.39, 0.29) is 19.0 Å². The lowest BCUT2D eigenvalue weighted by Gasteiger charge is -2.14. The number of benzene rings is 1. The second kappa shape index (κ2) is 6.28. The first kappa shape index (κ1) is 15.1. The Labute approximate surface area is 107 Å². The first-order valence-corrected chi connectivity index (χ1v) is 5.33. The van der Waals surface area contributed by atoms with Gasteiger partial charge in [-0.25, -0.2) is 0 Å². The topological polar surface area (TPSA) is 88.1 Å². The lowest BCUT2D eigenvalue weighted by Crippen LogP contribution is -2.20. The van der Waals surface area contributed by atoms with Crippen LogP contribution in [-0.4, -0.2) is 29.4 Å². The molecule has 0 fully saturated rings. The van der Waals surface area contributed by atoms with E-state index in [0.717, 1.165) is 12.1 Å². The second-order valence-electron chi connectivity index (χ2n) is 3.62. The van der Waals surface area contributed by atoms with Crippen molar-refractivity contribution in [3.63, 3.8) is 0 Å². The van der Waals surface area contributed by atoms with E-state index < -0.39 is 23.1 Å². The van der Waals surface area contributed by atoms with Crippen LogP contribution < -0.4 is 10.5 Å². The molecule has 0 heterocycles. The molecule has 0 aliphatic rings. The molecular weight excluding hydrogens is 265 g/mol. The number of halogens is 3. The third-order valence-electron chi connectivity index (χ3n) is 2.25. The van der Waals surface area contributed by atoms with E-state index >= 15 is 0 Å². The number of nitrogens with two attached hydrogens (primary N) is 1. The maximum absolute atomic E-state index is 12.8. The summed E-state index contributed by atoms with van der Waals surface area (Å²) in [6, 6.07) is 3.11. The fourth-order valence-electron chi connectivity index (χ4n) is 1.38. The quantitative estimate of drug-likeness (QED) is 0.251. The lowest BCUT2D eigenvalue weighted by molar-refractivity contribution is -0.137. The van der Waals surface area contributed by atoms with E-state index in [1.54, 1.807) is 0 Å². The number of aliphatic hydroxyl groups is 1. The van der Waals surface area contributed by atoms with Crippen molar-refractivity contribution in [1.29, 1.82) is 0 Å². The molecule has 0 aliphatic carbocycles. The van der Waals surface area contributed by atoms with Gasteiger partial charge in [-0.3, -0.25) is 0 Å². The van der Waals surface area contributed by atoms with Crippen molar-refractivity contribution in [3.05, 3.63) is 29.3 Å². The normalized spacial score (nSPS) is 12.5. The minimum Gasteiger partial charge on any atom is -0.493 e. The lowest BCUT2D eigenvalue weighted by atomic mass is 10.1. The molecule has 0 unspecified atom stereocenters. The molecule has 106 valence electrons. The number of hydrogen-bond donors (Lipinski definition) is 3. The van der Waals surface area contributed by atoms with Gasteiger partial charge in [-0.15, -0.1) is 0 Å². The second-order valence-corrected chi connectivity index (χ2v) is 3.62. The van der Waals surface area contributed by atoms with Crippen molar-refractivity contribution in [2.45, 2.75) is 12.6 Å². The standard InChI is InChI=1S/C11H13F3N2O3/c12-11(13,14)9-6-7(19-5-1-4-17)2-3-8(9)10(15)16-18/h2-3,6,17-18H,1,4-5H2,(H2,15,16). The molecule has 0 saturated heterocycles. The monoisotopic (exact) mass is 278 g/mol. The zero-order valence-electron chi connectivity index (χ0n) is 9.81. The predicted molar refractivity (Wildman–Crippen MR) is 61.2 cm³/mol. The zero-order valence-corrected chi connectivity index (χ0v) is 9.81. The van der Waals surface area contributed by atoms with E-state index in [0.29, 0.717) is 6.42 Å². The Morgan fingerprint density at radius 1 is 1.37 bits per heavy atom. The Morgan fingerprint density at radius 2 is 2.05 bits per heavy atom. The summed E-state index contributed by atoms with van der Waals surface area (Å²) >= 11 is 0. The minimum atomic E-state index is -4.65. The van der Waals surface area contributed by atoms with Crippen LogP contribution in [0.3, 0.4) is 0 Å². The Morgan fingerprint density at radius 3 is 2.58 bits per heavy atom. The smallest absolute Gasteiger partial charge is 0.417 e.